The molecule has 3 aromatic rings. The second kappa shape index (κ2) is 10.8. The molecule has 0 bridgehead atoms. The molecule has 0 aliphatic carbocycles. The Hall–Kier alpha value is -3.19. The second-order valence-corrected chi connectivity index (χ2v) is 10.9. The van der Waals surface area contributed by atoms with Gasteiger partial charge in [-0.05, 0) is 66.9 Å². The maximum Gasteiger partial charge on any atom is 0.243 e. The lowest BCUT2D eigenvalue weighted by Gasteiger charge is -2.30. The normalized spacial score (nSPS) is 14.9. The summed E-state index contributed by atoms with van der Waals surface area (Å²) < 4.78 is 27.2. The van der Waals surface area contributed by atoms with E-state index in [1.807, 2.05) is 48.5 Å². The molecule has 2 heterocycles. The molecule has 9 heteroatoms. The van der Waals surface area contributed by atoms with E-state index in [9.17, 15) is 13.2 Å². The molecule has 0 saturated carbocycles. The van der Waals surface area contributed by atoms with E-state index in [2.05, 4.69) is 10.3 Å². The van der Waals surface area contributed by atoms with Gasteiger partial charge in [-0.3, -0.25) is 4.79 Å². The number of pyridine rings is 1. The van der Waals surface area contributed by atoms with Gasteiger partial charge in [-0.1, -0.05) is 18.2 Å². The number of hydrogen-bond acceptors (Lipinski definition) is 6. The molecule has 7 nitrogen and oxygen atoms in total. The minimum atomic E-state index is -3.65. The van der Waals surface area contributed by atoms with E-state index in [0.29, 0.717) is 18.4 Å². The molecule has 0 radical (unpaired) electrons. The van der Waals surface area contributed by atoms with E-state index in [-0.39, 0.29) is 29.8 Å². The van der Waals surface area contributed by atoms with Crippen LogP contribution in [0.3, 0.4) is 0 Å². The average molecular weight is 493 g/mol. The third-order valence-corrected chi connectivity index (χ3v) is 8.59. The van der Waals surface area contributed by atoms with Crippen LogP contribution >= 0.6 is 11.8 Å². The molecule has 1 fully saturated rings. The number of amides is 1. The summed E-state index contributed by atoms with van der Waals surface area (Å²) in [6.45, 7) is 0.558. The summed E-state index contributed by atoms with van der Waals surface area (Å²) in [4.78, 5) is 17.3. The Labute approximate surface area is 203 Å². The van der Waals surface area contributed by atoms with Crippen molar-refractivity contribution in [2.24, 2.45) is 5.92 Å². The first-order valence-corrected chi connectivity index (χ1v) is 13.3. The van der Waals surface area contributed by atoms with Gasteiger partial charge < -0.3 is 5.32 Å². The summed E-state index contributed by atoms with van der Waals surface area (Å²) >= 11 is 1.63. The number of piperidine rings is 1. The summed E-state index contributed by atoms with van der Waals surface area (Å²) in [5.41, 5.74) is 2.22. The highest BCUT2D eigenvalue weighted by atomic mass is 32.2. The Morgan fingerprint density at radius 3 is 2.53 bits per heavy atom. The number of benzene rings is 2. The maximum absolute atomic E-state index is 12.9. The number of rotatable bonds is 7. The van der Waals surface area contributed by atoms with Crippen LogP contribution in [0, 0.1) is 17.2 Å². The predicted octanol–water partition coefficient (Wildman–Crippen LogP) is 4.28. The van der Waals surface area contributed by atoms with Gasteiger partial charge in [0.05, 0.1) is 21.6 Å². The first kappa shape index (κ1) is 24.0. The van der Waals surface area contributed by atoms with Crippen molar-refractivity contribution in [3.05, 3.63) is 84.1 Å². The van der Waals surface area contributed by atoms with Crippen molar-refractivity contribution in [3.8, 4) is 6.07 Å². The second-order valence-electron chi connectivity index (χ2n) is 7.96. The lowest BCUT2D eigenvalue weighted by atomic mass is 9.97. The molecule has 34 heavy (non-hydrogen) atoms. The molecule has 0 spiro atoms. The molecule has 174 valence electrons. The van der Waals surface area contributed by atoms with Crippen LogP contribution in [-0.4, -0.2) is 36.7 Å². The number of carbonyl (C=O) groups excluding carboxylic acids is 1. The average Bonchev–Trinajstić information content (AvgIpc) is 2.88. The fourth-order valence-corrected chi connectivity index (χ4v) is 6.06. The summed E-state index contributed by atoms with van der Waals surface area (Å²) in [6, 6.07) is 21.4. The van der Waals surface area contributed by atoms with Gasteiger partial charge in [0.1, 0.15) is 0 Å². The van der Waals surface area contributed by atoms with Crippen LogP contribution in [0.1, 0.15) is 24.0 Å². The van der Waals surface area contributed by atoms with Gasteiger partial charge in [0.2, 0.25) is 15.9 Å². The van der Waals surface area contributed by atoms with Gasteiger partial charge in [-0.2, -0.15) is 9.57 Å². The zero-order valence-corrected chi connectivity index (χ0v) is 20.1. The third-order valence-electron chi connectivity index (χ3n) is 5.66. The molecule has 2 aromatic carbocycles. The van der Waals surface area contributed by atoms with Gasteiger partial charge in [-0.15, -0.1) is 11.8 Å². The number of anilines is 1. The first-order valence-electron chi connectivity index (χ1n) is 10.9. The summed E-state index contributed by atoms with van der Waals surface area (Å²) in [5, 5.41) is 12.8. The topological polar surface area (TPSA) is 103 Å². The van der Waals surface area contributed by atoms with E-state index in [0.717, 1.165) is 22.0 Å². The van der Waals surface area contributed by atoms with E-state index < -0.39 is 10.0 Å². The molecule has 1 N–H and O–H groups in total. The van der Waals surface area contributed by atoms with Crippen LogP contribution in [-0.2, 0) is 20.6 Å². The van der Waals surface area contributed by atoms with Gasteiger partial charge >= 0.3 is 0 Å². The Kier molecular flexibility index (Phi) is 7.63. The van der Waals surface area contributed by atoms with Crippen molar-refractivity contribution in [1.29, 1.82) is 5.26 Å². The lowest BCUT2D eigenvalue weighted by molar-refractivity contribution is -0.120. The van der Waals surface area contributed by atoms with Crippen molar-refractivity contribution >= 4 is 33.4 Å². The van der Waals surface area contributed by atoms with Crippen LogP contribution in [0.5, 0.6) is 0 Å². The van der Waals surface area contributed by atoms with Crippen molar-refractivity contribution < 1.29 is 13.2 Å². The maximum atomic E-state index is 12.9. The number of aromatic nitrogens is 1. The zero-order chi connectivity index (χ0) is 24.0. The molecule has 1 amide bonds. The highest BCUT2D eigenvalue weighted by Gasteiger charge is 2.32. The van der Waals surface area contributed by atoms with Gasteiger partial charge in [0.15, 0.2) is 0 Å². The van der Waals surface area contributed by atoms with E-state index >= 15 is 0 Å². The summed E-state index contributed by atoms with van der Waals surface area (Å²) in [6.07, 6.45) is 2.67. The molecule has 1 saturated heterocycles. The molecule has 1 aromatic heterocycles. The number of nitrogens with one attached hydrogen (secondary N) is 1. The van der Waals surface area contributed by atoms with E-state index in [4.69, 9.17) is 5.26 Å². The van der Waals surface area contributed by atoms with Crippen molar-refractivity contribution in [3.63, 3.8) is 0 Å². The van der Waals surface area contributed by atoms with Crippen molar-refractivity contribution in [2.45, 2.75) is 28.5 Å². The monoisotopic (exact) mass is 492 g/mol. The van der Waals surface area contributed by atoms with Crippen LogP contribution in [0.25, 0.3) is 0 Å². The minimum Gasteiger partial charge on any atom is -0.326 e. The van der Waals surface area contributed by atoms with Gasteiger partial charge in [0.25, 0.3) is 0 Å². The third kappa shape index (κ3) is 5.83. The summed E-state index contributed by atoms with van der Waals surface area (Å²) in [5.74, 6) is 0.399. The van der Waals surface area contributed by atoms with Gasteiger partial charge in [-0.25, -0.2) is 13.4 Å². The number of sulfonamides is 1. The Morgan fingerprint density at radius 1 is 1.09 bits per heavy atom. The molecule has 0 atom stereocenters. The number of nitriles is 1. The first-order chi connectivity index (χ1) is 16.5. The quantitative estimate of drug-likeness (QED) is 0.494. The smallest absolute Gasteiger partial charge is 0.243 e. The van der Waals surface area contributed by atoms with Crippen LogP contribution in [0.15, 0.2) is 82.8 Å². The molecular weight excluding hydrogens is 468 g/mol. The largest absolute Gasteiger partial charge is 0.326 e. The molecule has 0 unspecified atom stereocenters. The minimum absolute atomic E-state index is 0.0926. The highest BCUT2D eigenvalue weighted by molar-refractivity contribution is 7.98. The van der Waals surface area contributed by atoms with Crippen LogP contribution in [0.4, 0.5) is 5.69 Å². The van der Waals surface area contributed by atoms with E-state index in [1.165, 1.54) is 28.6 Å². The fourth-order valence-electron chi connectivity index (χ4n) is 3.78. The molecular formula is C25H24N4O3S2. The number of carbonyl (C=O) groups is 1. The van der Waals surface area contributed by atoms with Crippen LogP contribution in [0.2, 0.25) is 0 Å². The highest BCUT2D eigenvalue weighted by Crippen LogP contribution is 2.26. The van der Waals surface area contributed by atoms with Crippen molar-refractivity contribution in [1.82, 2.24) is 9.29 Å². The molecule has 1 aliphatic rings. The Morgan fingerprint density at radius 2 is 1.85 bits per heavy atom. The predicted molar refractivity (Wildman–Crippen MR) is 132 cm³/mol. The number of thioether (sulfide) groups is 1. The van der Waals surface area contributed by atoms with Gasteiger partial charge in [0, 0.05) is 36.6 Å². The molecule has 1 aliphatic heterocycles. The summed E-state index contributed by atoms with van der Waals surface area (Å²) in [7, 11) is -3.65. The van der Waals surface area contributed by atoms with Crippen molar-refractivity contribution in [2.75, 3.05) is 18.4 Å². The number of hydrogen-bond donors (Lipinski definition) is 1. The standard InChI is InChI=1S/C25H24N4O3S2/c26-17-19-7-9-23(10-8-19)34(31,32)29-14-11-21(12-15-29)25(30)28-22-5-3-4-20(16-22)18-33-24-6-1-2-13-27-24/h1-10,13,16,21H,11-12,14-15,18H2,(H,28,30). The van der Waals surface area contributed by atoms with Crippen LogP contribution < -0.4 is 5.32 Å². The van der Waals surface area contributed by atoms with E-state index in [1.54, 1.807) is 18.0 Å². The zero-order valence-electron chi connectivity index (χ0n) is 18.4. The SMILES string of the molecule is N#Cc1ccc(S(=O)(=O)N2CCC(C(=O)Nc3cccc(CSc4ccccn4)c3)CC2)cc1. The Balaban J connectivity index is 1.31. The lowest BCUT2D eigenvalue weighted by Crippen LogP contribution is -2.41. The number of nitrogens with zero attached hydrogens (tertiary/aromatic N) is 3. The fraction of sp³-hybridized carbons (Fsp3) is 0.240. The Bertz CT molecular complexity index is 1280. The molecule has 4 rings (SSSR count).